The largest absolute Gasteiger partial charge is 0.307 e. The van der Waals surface area contributed by atoms with Crippen molar-refractivity contribution < 1.29 is 0 Å². The third-order valence-corrected chi connectivity index (χ3v) is 3.42. The summed E-state index contributed by atoms with van der Waals surface area (Å²) in [7, 11) is 1.94. The topological polar surface area (TPSA) is 37.8 Å². The van der Waals surface area contributed by atoms with Crippen molar-refractivity contribution in [1.29, 1.82) is 0 Å². The number of thiophene rings is 1. The van der Waals surface area contributed by atoms with Crippen LogP contribution in [0.2, 0.25) is 0 Å². The fraction of sp³-hybridized carbons (Fsp3) is 0.333. The number of aryl methyl sites for hydroxylation is 2. The quantitative estimate of drug-likeness (QED) is 0.885. The molecule has 16 heavy (non-hydrogen) atoms. The van der Waals surface area contributed by atoms with Gasteiger partial charge in [0, 0.05) is 17.3 Å². The minimum Gasteiger partial charge on any atom is -0.307 e. The molecule has 0 amide bonds. The van der Waals surface area contributed by atoms with Gasteiger partial charge in [-0.2, -0.15) is 0 Å². The zero-order chi connectivity index (χ0) is 11.5. The van der Waals surface area contributed by atoms with E-state index in [0.29, 0.717) is 0 Å². The summed E-state index contributed by atoms with van der Waals surface area (Å²) in [4.78, 5) is 10.1. The van der Waals surface area contributed by atoms with Gasteiger partial charge in [0.15, 0.2) is 0 Å². The lowest BCUT2D eigenvalue weighted by molar-refractivity contribution is 0.644. The van der Waals surface area contributed by atoms with Crippen LogP contribution in [-0.2, 0) is 0 Å². The number of rotatable bonds is 3. The van der Waals surface area contributed by atoms with Crippen molar-refractivity contribution >= 4 is 11.3 Å². The van der Waals surface area contributed by atoms with Crippen molar-refractivity contribution in [2.24, 2.45) is 0 Å². The molecule has 0 bridgehead atoms. The Morgan fingerprint density at radius 3 is 2.44 bits per heavy atom. The second-order valence-corrected chi connectivity index (χ2v) is 4.89. The first kappa shape index (κ1) is 11.2. The molecule has 0 saturated carbocycles. The second-order valence-electron chi connectivity index (χ2n) is 3.77. The van der Waals surface area contributed by atoms with Crippen LogP contribution >= 0.6 is 11.3 Å². The van der Waals surface area contributed by atoms with E-state index in [1.165, 1.54) is 10.4 Å². The van der Waals surface area contributed by atoms with E-state index in [1.54, 1.807) is 11.3 Å². The maximum Gasteiger partial charge on any atom is 0.149 e. The van der Waals surface area contributed by atoms with Gasteiger partial charge in [0.05, 0.1) is 6.04 Å². The average molecular weight is 233 g/mol. The zero-order valence-corrected chi connectivity index (χ0v) is 10.5. The molecule has 2 heterocycles. The smallest absolute Gasteiger partial charge is 0.149 e. The molecule has 2 rings (SSSR count). The predicted molar refractivity (Wildman–Crippen MR) is 66.7 cm³/mol. The first-order valence-electron chi connectivity index (χ1n) is 5.22. The summed E-state index contributed by atoms with van der Waals surface area (Å²) in [6, 6.07) is 2.22. The highest BCUT2D eigenvalue weighted by atomic mass is 32.1. The fourth-order valence-electron chi connectivity index (χ4n) is 1.67. The van der Waals surface area contributed by atoms with Crippen molar-refractivity contribution in [1.82, 2.24) is 15.3 Å². The number of nitrogens with zero attached hydrogens (tertiary/aromatic N) is 2. The Balaban J connectivity index is 2.37. The molecule has 2 aromatic heterocycles. The highest BCUT2D eigenvalue weighted by molar-refractivity contribution is 7.10. The van der Waals surface area contributed by atoms with Gasteiger partial charge in [-0.15, -0.1) is 11.3 Å². The Kier molecular flexibility index (Phi) is 3.31. The molecule has 1 N–H and O–H groups in total. The Morgan fingerprint density at radius 2 is 1.94 bits per heavy atom. The molecule has 1 atom stereocenters. The summed E-state index contributed by atoms with van der Waals surface area (Å²) in [5.41, 5.74) is 2.34. The molecule has 0 fully saturated rings. The standard InChI is InChI=1S/C12H15N3S/c1-8-6-14-12(15-7-8)11(13-3)10-4-5-16-9(10)2/h4-7,11,13H,1-3H3. The Bertz CT molecular complexity index is 461. The molecule has 1 unspecified atom stereocenters. The van der Waals surface area contributed by atoms with E-state index < -0.39 is 0 Å². The van der Waals surface area contributed by atoms with Crippen LogP contribution in [0.1, 0.15) is 27.9 Å². The Labute approximate surface area is 99.6 Å². The molecule has 3 nitrogen and oxygen atoms in total. The summed E-state index contributed by atoms with van der Waals surface area (Å²) in [6.07, 6.45) is 3.71. The summed E-state index contributed by atoms with van der Waals surface area (Å²) in [5, 5.41) is 5.36. The summed E-state index contributed by atoms with van der Waals surface area (Å²) >= 11 is 1.75. The van der Waals surface area contributed by atoms with Crippen molar-refractivity contribution in [3.05, 3.63) is 45.7 Å². The molecule has 0 aliphatic heterocycles. The molecule has 0 spiro atoms. The van der Waals surface area contributed by atoms with Crippen LogP contribution in [0.25, 0.3) is 0 Å². The molecule has 2 aromatic rings. The van der Waals surface area contributed by atoms with Gasteiger partial charge >= 0.3 is 0 Å². The number of nitrogens with one attached hydrogen (secondary N) is 1. The first-order valence-corrected chi connectivity index (χ1v) is 6.10. The molecule has 4 heteroatoms. The summed E-state index contributed by atoms with van der Waals surface area (Å²) in [6.45, 7) is 4.12. The van der Waals surface area contributed by atoms with Gasteiger partial charge in [-0.25, -0.2) is 9.97 Å². The number of hydrogen-bond acceptors (Lipinski definition) is 4. The highest BCUT2D eigenvalue weighted by Crippen LogP contribution is 2.25. The third kappa shape index (κ3) is 2.13. The molecule has 0 aliphatic rings. The lowest BCUT2D eigenvalue weighted by Crippen LogP contribution is -2.20. The number of aromatic nitrogens is 2. The molecular weight excluding hydrogens is 218 g/mol. The molecule has 0 aliphatic carbocycles. The fourth-order valence-corrected chi connectivity index (χ4v) is 2.41. The van der Waals surface area contributed by atoms with Crippen LogP contribution in [0.3, 0.4) is 0 Å². The summed E-state index contributed by atoms with van der Waals surface area (Å²) < 4.78 is 0. The lowest BCUT2D eigenvalue weighted by atomic mass is 10.1. The van der Waals surface area contributed by atoms with Crippen molar-refractivity contribution in [2.75, 3.05) is 7.05 Å². The predicted octanol–water partition coefficient (Wildman–Crippen LogP) is 2.46. The van der Waals surface area contributed by atoms with Crippen LogP contribution < -0.4 is 5.32 Å². The zero-order valence-electron chi connectivity index (χ0n) is 9.69. The van der Waals surface area contributed by atoms with E-state index >= 15 is 0 Å². The second kappa shape index (κ2) is 4.72. The van der Waals surface area contributed by atoms with E-state index in [1.807, 2.05) is 26.4 Å². The maximum atomic E-state index is 4.38. The van der Waals surface area contributed by atoms with Crippen LogP contribution in [0.15, 0.2) is 23.8 Å². The van der Waals surface area contributed by atoms with Gasteiger partial charge in [0.25, 0.3) is 0 Å². The van der Waals surface area contributed by atoms with Crippen LogP contribution in [0.4, 0.5) is 0 Å². The van der Waals surface area contributed by atoms with Gasteiger partial charge in [0.1, 0.15) is 5.82 Å². The van der Waals surface area contributed by atoms with Crippen LogP contribution in [0.5, 0.6) is 0 Å². The van der Waals surface area contributed by atoms with Gasteiger partial charge in [-0.1, -0.05) is 0 Å². The van der Waals surface area contributed by atoms with Crippen LogP contribution in [-0.4, -0.2) is 17.0 Å². The Hall–Kier alpha value is -1.26. The van der Waals surface area contributed by atoms with Crippen molar-refractivity contribution in [3.63, 3.8) is 0 Å². The molecule has 0 radical (unpaired) electrons. The van der Waals surface area contributed by atoms with Crippen molar-refractivity contribution in [3.8, 4) is 0 Å². The molecule has 0 saturated heterocycles. The van der Waals surface area contributed by atoms with E-state index in [-0.39, 0.29) is 6.04 Å². The monoisotopic (exact) mass is 233 g/mol. The van der Waals surface area contributed by atoms with E-state index in [4.69, 9.17) is 0 Å². The van der Waals surface area contributed by atoms with E-state index in [2.05, 4.69) is 33.7 Å². The van der Waals surface area contributed by atoms with Crippen LogP contribution in [0, 0.1) is 13.8 Å². The highest BCUT2D eigenvalue weighted by Gasteiger charge is 2.17. The third-order valence-electron chi connectivity index (χ3n) is 2.56. The average Bonchev–Trinajstić information content (AvgIpc) is 2.69. The Morgan fingerprint density at radius 1 is 1.25 bits per heavy atom. The lowest BCUT2D eigenvalue weighted by Gasteiger charge is -2.14. The summed E-state index contributed by atoms with van der Waals surface area (Å²) in [5.74, 6) is 0.828. The normalized spacial score (nSPS) is 12.7. The molecule has 0 aromatic carbocycles. The van der Waals surface area contributed by atoms with Gasteiger partial charge < -0.3 is 5.32 Å². The van der Waals surface area contributed by atoms with Gasteiger partial charge in [0.2, 0.25) is 0 Å². The SMILES string of the molecule is CNC(c1ncc(C)cn1)c1ccsc1C. The minimum atomic E-state index is 0.0897. The first-order chi connectivity index (χ1) is 7.72. The van der Waals surface area contributed by atoms with Gasteiger partial charge in [-0.3, -0.25) is 0 Å². The van der Waals surface area contributed by atoms with E-state index in [9.17, 15) is 0 Å². The van der Waals surface area contributed by atoms with E-state index in [0.717, 1.165) is 11.4 Å². The molecule has 84 valence electrons. The number of hydrogen-bond donors (Lipinski definition) is 1. The van der Waals surface area contributed by atoms with Crippen molar-refractivity contribution in [2.45, 2.75) is 19.9 Å². The van der Waals surface area contributed by atoms with Gasteiger partial charge in [-0.05, 0) is 43.5 Å². The molecular formula is C12H15N3S. The maximum absolute atomic E-state index is 4.38. The minimum absolute atomic E-state index is 0.0897.